The van der Waals surface area contributed by atoms with Crippen LogP contribution in [-0.2, 0) is 11.2 Å². The highest BCUT2D eigenvalue weighted by molar-refractivity contribution is 5.98. The SMILES string of the molecule is Cc1cccc(C)c1C(=O)N1CC2(C)CN(CCCc3ccccc3)CC2(C(N)=O)C1. The van der Waals surface area contributed by atoms with Crippen molar-refractivity contribution in [2.75, 3.05) is 32.7 Å². The Hall–Kier alpha value is -2.66. The molecule has 2 amide bonds. The van der Waals surface area contributed by atoms with Gasteiger partial charge in [-0.15, -0.1) is 0 Å². The minimum absolute atomic E-state index is 0.0162. The fourth-order valence-corrected chi connectivity index (χ4v) is 5.73. The Bertz CT molecular complexity index is 969. The van der Waals surface area contributed by atoms with E-state index in [1.54, 1.807) is 0 Å². The topological polar surface area (TPSA) is 66.6 Å². The number of nitrogens with zero attached hydrogens (tertiary/aromatic N) is 2. The summed E-state index contributed by atoms with van der Waals surface area (Å²) in [5, 5.41) is 0. The number of likely N-dealkylation sites (tertiary alicyclic amines) is 2. The molecule has 2 unspecified atom stereocenters. The molecule has 2 fully saturated rings. The van der Waals surface area contributed by atoms with Crippen molar-refractivity contribution in [3.63, 3.8) is 0 Å². The first-order chi connectivity index (χ1) is 14.8. The van der Waals surface area contributed by atoms with Crippen LogP contribution in [0.2, 0.25) is 0 Å². The number of benzene rings is 2. The van der Waals surface area contributed by atoms with Crippen LogP contribution in [0.15, 0.2) is 48.5 Å². The van der Waals surface area contributed by atoms with Gasteiger partial charge in [-0.1, -0.05) is 55.5 Å². The van der Waals surface area contributed by atoms with Crippen molar-refractivity contribution in [3.05, 3.63) is 70.8 Å². The normalized spacial score (nSPS) is 25.6. The van der Waals surface area contributed by atoms with Gasteiger partial charge in [-0.3, -0.25) is 9.59 Å². The Morgan fingerprint density at radius 3 is 2.23 bits per heavy atom. The summed E-state index contributed by atoms with van der Waals surface area (Å²) in [6.45, 7) is 9.40. The molecule has 4 rings (SSSR count). The Labute approximate surface area is 185 Å². The molecule has 5 heteroatoms. The first-order valence-corrected chi connectivity index (χ1v) is 11.2. The van der Waals surface area contributed by atoms with Gasteiger partial charge in [0.15, 0.2) is 0 Å². The van der Waals surface area contributed by atoms with Crippen LogP contribution in [0.5, 0.6) is 0 Å². The smallest absolute Gasteiger partial charge is 0.254 e. The van der Waals surface area contributed by atoms with Gasteiger partial charge in [0.05, 0.1) is 5.41 Å². The molecule has 2 N–H and O–H groups in total. The maximum absolute atomic E-state index is 13.4. The maximum Gasteiger partial charge on any atom is 0.254 e. The minimum Gasteiger partial charge on any atom is -0.369 e. The van der Waals surface area contributed by atoms with Crippen LogP contribution < -0.4 is 5.73 Å². The lowest BCUT2D eigenvalue weighted by molar-refractivity contribution is -0.129. The number of amides is 2. The first kappa shape index (κ1) is 21.6. The number of aryl methyl sites for hydroxylation is 3. The monoisotopic (exact) mass is 419 g/mol. The zero-order valence-corrected chi connectivity index (χ0v) is 18.9. The largest absolute Gasteiger partial charge is 0.369 e. The summed E-state index contributed by atoms with van der Waals surface area (Å²) < 4.78 is 0. The zero-order chi connectivity index (χ0) is 22.2. The molecular formula is C26H33N3O2. The van der Waals surface area contributed by atoms with E-state index < -0.39 is 5.41 Å². The molecule has 0 aromatic heterocycles. The Morgan fingerprint density at radius 1 is 0.935 bits per heavy atom. The Balaban J connectivity index is 1.48. The Kier molecular flexibility index (Phi) is 5.65. The van der Waals surface area contributed by atoms with Crippen LogP contribution in [0, 0.1) is 24.7 Å². The number of hydrogen-bond acceptors (Lipinski definition) is 3. The summed E-state index contributed by atoms with van der Waals surface area (Å²) in [6, 6.07) is 16.4. The molecule has 2 aliphatic rings. The van der Waals surface area contributed by atoms with E-state index in [1.807, 2.05) is 43.0 Å². The van der Waals surface area contributed by atoms with Crippen molar-refractivity contribution in [2.24, 2.45) is 16.6 Å². The summed E-state index contributed by atoms with van der Waals surface area (Å²) >= 11 is 0. The lowest BCUT2D eigenvalue weighted by Gasteiger charge is -2.31. The lowest BCUT2D eigenvalue weighted by Crippen LogP contribution is -2.49. The van der Waals surface area contributed by atoms with Gasteiger partial charge in [-0.2, -0.15) is 0 Å². The van der Waals surface area contributed by atoms with Gasteiger partial charge in [0.2, 0.25) is 5.91 Å². The van der Waals surface area contributed by atoms with Crippen molar-refractivity contribution < 1.29 is 9.59 Å². The van der Waals surface area contributed by atoms with E-state index in [-0.39, 0.29) is 17.2 Å². The van der Waals surface area contributed by atoms with Gasteiger partial charge in [0, 0.05) is 37.2 Å². The number of carbonyl (C=O) groups is 2. The van der Waals surface area contributed by atoms with Crippen LogP contribution in [0.3, 0.4) is 0 Å². The molecular weight excluding hydrogens is 386 g/mol. The van der Waals surface area contributed by atoms with E-state index in [1.165, 1.54) is 5.56 Å². The van der Waals surface area contributed by atoms with Gasteiger partial charge in [0.1, 0.15) is 0 Å². The molecule has 2 saturated heterocycles. The van der Waals surface area contributed by atoms with Gasteiger partial charge in [-0.05, 0) is 49.9 Å². The maximum atomic E-state index is 13.4. The molecule has 0 saturated carbocycles. The fraction of sp³-hybridized carbons (Fsp3) is 0.462. The van der Waals surface area contributed by atoms with Crippen LogP contribution in [0.4, 0.5) is 0 Å². The molecule has 0 bridgehead atoms. The van der Waals surface area contributed by atoms with Gasteiger partial charge < -0.3 is 15.5 Å². The van der Waals surface area contributed by atoms with E-state index >= 15 is 0 Å². The van der Waals surface area contributed by atoms with Crippen LogP contribution >= 0.6 is 0 Å². The van der Waals surface area contributed by atoms with E-state index in [4.69, 9.17) is 5.73 Å². The van der Waals surface area contributed by atoms with Crippen molar-refractivity contribution in [2.45, 2.75) is 33.6 Å². The summed E-state index contributed by atoms with van der Waals surface area (Å²) in [4.78, 5) is 30.4. The molecule has 2 aliphatic heterocycles. The predicted molar refractivity (Wildman–Crippen MR) is 123 cm³/mol. The number of nitrogens with two attached hydrogens (primary N) is 1. The molecule has 5 nitrogen and oxygen atoms in total. The number of carbonyl (C=O) groups excluding carboxylic acids is 2. The van der Waals surface area contributed by atoms with Crippen LogP contribution in [0.25, 0.3) is 0 Å². The predicted octanol–water partition coefficient (Wildman–Crippen LogP) is 3.19. The van der Waals surface area contributed by atoms with Crippen molar-refractivity contribution in [3.8, 4) is 0 Å². The molecule has 0 spiro atoms. The van der Waals surface area contributed by atoms with E-state index in [9.17, 15) is 9.59 Å². The van der Waals surface area contributed by atoms with Crippen LogP contribution in [0.1, 0.15) is 40.4 Å². The highest BCUT2D eigenvalue weighted by Crippen LogP contribution is 2.52. The molecule has 2 aromatic rings. The standard InChI is InChI=1S/C26H33N3O2/c1-19-9-7-10-20(2)22(19)23(30)29-16-25(3)15-28(17-26(25,18-29)24(27)31)14-8-13-21-11-5-4-6-12-21/h4-7,9-12H,8,13-18H2,1-3H3,(H2,27,31). The van der Waals surface area contributed by atoms with Crippen molar-refractivity contribution in [1.82, 2.24) is 9.80 Å². The summed E-state index contributed by atoms with van der Waals surface area (Å²) in [6.07, 6.45) is 2.06. The van der Waals surface area contributed by atoms with Gasteiger partial charge >= 0.3 is 0 Å². The molecule has 2 heterocycles. The van der Waals surface area contributed by atoms with E-state index in [2.05, 4.69) is 36.1 Å². The number of hydrogen-bond donors (Lipinski definition) is 1. The number of primary amides is 1. The lowest BCUT2D eigenvalue weighted by atomic mass is 9.69. The van der Waals surface area contributed by atoms with Crippen molar-refractivity contribution >= 4 is 11.8 Å². The van der Waals surface area contributed by atoms with E-state index in [0.717, 1.165) is 42.6 Å². The third kappa shape index (κ3) is 3.76. The summed E-state index contributed by atoms with van der Waals surface area (Å²) in [5.41, 5.74) is 9.03. The number of rotatable bonds is 6. The Morgan fingerprint density at radius 2 is 1.61 bits per heavy atom. The van der Waals surface area contributed by atoms with E-state index in [0.29, 0.717) is 19.6 Å². The quantitative estimate of drug-likeness (QED) is 0.782. The molecule has 2 aromatic carbocycles. The minimum atomic E-state index is -0.688. The highest BCUT2D eigenvalue weighted by Gasteiger charge is 2.64. The molecule has 31 heavy (non-hydrogen) atoms. The second kappa shape index (κ2) is 8.12. The molecule has 2 atom stereocenters. The second-order valence-corrected chi connectivity index (χ2v) is 9.73. The summed E-state index contributed by atoms with van der Waals surface area (Å²) in [5.74, 6) is -0.264. The average Bonchev–Trinajstić information content (AvgIpc) is 3.16. The highest BCUT2D eigenvalue weighted by atomic mass is 16.2. The average molecular weight is 420 g/mol. The van der Waals surface area contributed by atoms with Crippen LogP contribution in [-0.4, -0.2) is 54.3 Å². The molecule has 0 radical (unpaired) electrons. The van der Waals surface area contributed by atoms with Gasteiger partial charge in [0.25, 0.3) is 5.91 Å². The summed E-state index contributed by atoms with van der Waals surface area (Å²) in [7, 11) is 0. The number of fused-ring (bicyclic) bond motifs is 1. The van der Waals surface area contributed by atoms with Crippen molar-refractivity contribution in [1.29, 1.82) is 0 Å². The second-order valence-electron chi connectivity index (χ2n) is 9.73. The molecule has 164 valence electrons. The first-order valence-electron chi connectivity index (χ1n) is 11.2. The molecule has 0 aliphatic carbocycles. The fourth-order valence-electron chi connectivity index (χ4n) is 5.73. The van der Waals surface area contributed by atoms with Gasteiger partial charge in [-0.25, -0.2) is 0 Å². The third-order valence-electron chi connectivity index (χ3n) is 7.46. The zero-order valence-electron chi connectivity index (χ0n) is 18.9. The third-order valence-corrected chi connectivity index (χ3v) is 7.46.